The van der Waals surface area contributed by atoms with Gasteiger partial charge in [-0.05, 0) is 224 Å². The second kappa shape index (κ2) is 40.7. The van der Waals surface area contributed by atoms with Gasteiger partial charge in [0.2, 0.25) is 0 Å². The molecule has 112 heavy (non-hydrogen) atoms. The van der Waals surface area contributed by atoms with Crippen molar-refractivity contribution in [3.8, 4) is 0 Å². The van der Waals surface area contributed by atoms with Crippen LogP contribution < -0.4 is 21.3 Å². The molecule has 4 aliphatic carbocycles. The van der Waals surface area contributed by atoms with Gasteiger partial charge in [0.25, 0.3) is 23.6 Å². The fourth-order valence-corrected chi connectivity index (χ4v) is 18.1. The number of alkyl halides is 6. The maximum absolute atomic E-state index is 14.2. The number of carbonyl (C=O) groups is 4. The number of hydrogen-bond donors (Lipinski definition) is 8. The van der Waals surface area contributed by atoms with Crippen molar-refractivity contribution in [2.24, 2.45) is 0 Å². The minimum Gasteiger partial charge on any atom is -0.393 e. The normalized spacial score (nSPS) is 19.9. The van der Waals surface area contributed by atoms with Gasteiger partial charge < -0.3 is 41.7 Å². The van der Waals surface area contributed by atoms with Crippen LogP contribution >= 0.6 is 70.2 Å². The van der Waals surface area contributed by atoms with Crippen molar-refractivity contribution in [3.63, 3.8) is 0 Å². The Balaban J connectivity index is 0.000000172. The van der Waals surface area contributed by atoms with Crippen LogP contribution in [0.25, 0.3) is 0 Å². The number of benzene rings is 8. The number of thioether (sulfide) groups is 4. The highest BCUT2D eigenvalue weighted by Crippen LogP contribution is 2.45. The van der Waals surface area contributed by atoms with Crippen molar-refractivity contribution >= 4 is 117 Å². The molecule has 4 saturated carbocycles. The zero-order chi connectivity index (χ0) is 81.3. The molecule has 0 saturated heterocycles. The van der Waals surface area contributed by atoms with Crippen molar-refractivity contribution in [3.05, 3.63) is 235 Å². The topological polar surface area (TPSA) is 197 Å². The predicted octanol–water partition coefficient (Wildman–Crippen LogP) is 22.5. The Hall–Kier alpha value is -7.52. The highest BCUT2D eigenvalue weighted by Gasteiger charge is 2.37. The number of rotatable bonds is 16. The molecule has 12 rings (SSSR count). The number of anilines is 4. The lowest BCUT2D eigenvalue weighted by atomic mass is 9.97. The van der Waals surface area contributed by atoms with Crippen LogP contribution in [-0.4, -0.2) is 89.5 Å². The van der Waals surface area contributed by atoms with E-state index in [1.807, 2.05) is 19.1 Å². The summed E-state index contributed by atoms with van der Waals surface area (Å²) in [7, 11) is 0. The molecule has 4 aliphatic rings. The van der Waals surface area contributed by atoms with E-state index in [4.69, 9.17) is 23.2 Å². The van der Waals surface area contributed by atoms with E-state index in [9.17, 15) is 101 Å². The van der Waals surface area contributed by atoms with Crippen molar-refractivity contribution in [1.82, 2.24) is 0 Å². The molecule has 4 fully saturated rings. The van der Waals surface area contributed by atoms with Crippen molar-refractivity contribution < 1.29 is 101 Å². The fraction of sp³-hybridized carbons (Fsp3) is 0.350. The lowest BCUT2D eigenvalue weighted by Crippen LogP contribution is -2.20. The number of amides is 4. The average molecular weight is 1690 g/mol. The molecule has 1 unspecified atom stereocenters. The summed E-state index contributed by atoms with van der Waals surface area (Å²) in [6, 6.07) is 27.6. The van der Waals surface area contributed by atoms with Crippen LogP contribution in [0.4, 0.5) is 84.2 Å². The van der Waals surface area contributed by atoms with Gasteiger partial charge in [0, 0.05) is 104 Å². The SMILES string of the molecule is Cc1ccc(C(=O)Nc2ccc(F)c(F)c2)cc1SC1CCC(O)CC1.O=C(Nc1cc(F)c(F)c(F)c1)c1ccc(C(F)(F)F)c(SC2CCC(O)CC2)c1.O=C(Nc1ccc(F)c(Cl)c1)c1ccc(C(F)(F)F)c(SC2CCC(O)CC2)c1.O=C(Nc1ccc(F)c(Cl)c1)c1ccc(F)c(SC2CCCC[C@H](O)C2)c1. The van der Waals surface area contributed by atoms with E-state index in [2.05, 4.69) is 21.3 Å². The first kappa shape index (κ1) is 88.4. The maximum atomic E-state index is 14.2. The molecule has 4 amide bonds. The van der Waals surface area contributed by atoms with Crippen LogP contribution in [0.5, 0.6) is 0 Å². The Morgan fingerprint density at radius 3 is 1.08 bits per heavy atom. The van der Waals surface area contributed by atoms with E-state index in [0.717, 1.165) is 134 Å². The first-order chi connectivity index (χ1) is 53.0. The van der Waals surface area contributed by atoms with Crippen LogP contribution in [0.2, 0.25) is 10.0 Å². The van der Waals surface area contributed by atoms with Crippen LogP contribution in [0.15, 0.2) is 159 Å². The Bertz CT molecular complexity index is 4600. The van der Waals surface area contributed by atoms with Gasteiger partial charge >= 0.3 is 12.4 Å². The van der Waals surface area contributed by atoms with E-state index in [1.165, 1.54) is 72.4 Å². The summed E-state index contributed by atoms with van der Waals surface area (Å²) in [6.07, 6.45) is 1.57. The summed E-state index contributed by atoms with van der Waals surface area (Å²) >= 11 is 16.6. The molecule has 8 N–H and O–H groups in total. The van der Waals surface area contributed by atoms with E-state index >= 15 is 0 Å². The molecule has 8 aromatic carbocycles. The largest absolute Gasteiger partial charge is 0.417 e. The Morgan fingerprint density at radius 1 is 0.339 bits per heavy atom. The van der Waals surface area contributed by atoms with Crippen LogP contribution in [0.3, 0.4) is 0 Å². The number of hydrogen-bond acceptors (Lipinski definition) is 12. The molecule has 32 heteroatoms. The number of carbonyl (C=O) groups excluding carboxylic acids is 4. The van der Waals surface area contributed by atoms with Gasteiger partial charge in [-0.3, -0.25) is 19.2 Å². The Kier molecular flexibility index (Phi) is 32.1. The Labute approximate surface area is 663 Å². The second-order valence-corrected chi connectivity index (χ2v) is 33.2. The summed E-state index contributed by atoms with van der Waals surface area (Å²) in [5.41, 5.74) is 0.510. The summed E-state index contributed by atoms with van der Waals surface area (Å²) in [5.74, 6) is -10.6. The number of aliphatic hydroxyl groups is 4. The molecule has 0 heterocycles. The van der Waals surface area contributed by atoms with Crippen LogP contribution in [-0.2, 0) is 12.4 Å². The molecule has 0 aliphatic heterocycles. The number of aliphatic hydroxyl groups excluding tert-OH is 4. The molecule has 0 radical (unpaired) electrons. The monoisotopic (exact) mass is 1680 g/mol. The van der Waals surface area contributed by atoms with Gasteiger partial charge in [0.05, 0.1) is 45.6 Å². The first-order valence-electron chi connectivity index (χ1n) is 35.5. The standard InChI is InChI=1S/C20H18ClF4NO2S.C20H20ClF2NO2S.C20H17F6NO2S.C20H21F2NO2S/c21-16-10-12(2-8-17(16)22)26-19(28)11-1-7-15(20(23,24)25)18(9-11)29-14-5-3-13(27)4-6-14;21-16-10-13(6-8-17(16)22)24-20(26)12-5-7-18(23)19(9-12)27-15-4-2-1-3-14(25)11-15;21-15-8-11(9-16(22)18(15)23)27-19(29)10-1-6-14(20(24,25)26)17(7-10)30-13-4-2-12(28)3-5-13;1-12-2-3-13(10-19(12)26-16-7-5-15(24)6-8-16)20(25)23-14-4-9-17(21)18(22)11-14/h1-2,7-10,13-14,27H,3-6H2,(H,26,28);5-10,14-15,25H,1-4,11H2,(H,24,26);1,6-9,12-13,28H,2-5H2,(H,27,29);2-4,9-11,15-16,24H,5-8H2,1H3,(H,23,25)/t;14-,15?;;/m.0../s1. The van der Waals surface area contributed by atoms with Gasteiger partial charge in [-0.25, -0.2) is 35.1 Å². The predicted molar refractivity (Wildman–Crippen MR) is 409 cm³/mol. The van der Waals surface area contributed by atoms with Crippen molar-refractivity contribution in [2.75, 3.05) is 21.3 Å². The van der Waals surface area contributed by atoms with E-state index < -0.39 is 94.1 Å². The lowest BCUT2D eigenvalue weighted by molar-refractivity contribution is -0.140. The molecule has 0 bridgehead atoms. The summed E-state index contributed by atoms with van der Waals surface area (Å²) in [6.45, 7) is 2.00. The van der Waals surface area contributed by atoms with Gasteiger partial charge in [-0.2, -0.15) is 26.3 Å². The molecule has 12 nitrogen and oxygen atoms in total. The molecule has 0 aromatic heterocycles. The summed E-state index contributed by atoms with van der Waals surface area (Å²) in [4.78, 5) is 51.0. The van der Waals surface area contributed by atoms with E-state index in [-0.39, 0.29) is 87.7 Å². The van der Waals surface area contributed by atoms with Gasteiger partial charge in [-0.1, -0.05) is 42.1 Å². The minimum atomic E-state index is -4.63. The van der Waals surface area contributed by atoms with Gasteiger partial charge in [0.1, 0.15) is 17.5 Å². The zero-order valence-electron chi connectivity index (χ0n) is 59.5. The summed E-state index contributed by atoms with van der Waals surface area (Å²) < 4.78 is 187. The molecular weight excluding hydrogens is 1610 g/mol. The summed E-state index contributed by atoms with van der Waals surface area (Å²) in [5, 5.41) is 48.7. The van der Waals surface area contributed by atoms with Crippen LogP contribution in [0.1, 0.15) is 167 Å². The Morgan fingerprint density at radius 2 is 0.670 bits per heavy atom. The molecule has 600 valence electrons. The molecule has 2 atom stereocenters. The molecule has 0 spiro atoms. The number of nitrogens with one attached hydrogen (secondary N) is 4. The first-order valence-corrected chi connectivity index (χ1v) is 39.8. The van der Waals surface area contributed by atoms with Gasteiger partial charge in [-0.15, -0.1) is 47.0 Å². The number of aryl methyl sites for hydroxylation is 1. The maximum Gasteiger partial charge on any atom is 0.417 e. The third-order valence-corrected chi connectivity index (χ3v) is 24.7. The third-order valence-electron chi connectivity index (χ3n) is 18.5. The van der Waals surface area contributed by atoms with E-state index in [1.54, 1.807) is 17.8 Å². The van der Waals surface area contributed by atoms with E-state index in [0.29, 0.717) is 96.9 Å². The highest BCUT2D eigenvalue weighted by atomic mass is 35.5. The highest BCUT2D eigenvalue weighted by molar-refractivity contribution is 8.00. The smallest absolute Gasteiger partial charge is 0.393 e. The third kappa shape index (κ3) is 26.3. The molecule has 8 aromatic rings. The van der Waals surface area contributed by atoms with Crippen LogP contribution in [0, 0.1) is 53.5 Å². The molecular formula is C80H76Cl2F14N4O8S4. The van der Waals surface area contributed by atoms with Crippen molar-refractivity contribution in [1.29, 1.82) is 0 Å². The number of halogens is 16. The lowest BCUT2D eigenvalue weighted by Gasteiger charge is -2.26. The quantitative estimate of drug-likeness (QED) is 0.0259. The minimum absolute atomic E-state index is 0.0244. The zero-order valence-corrected chi connectivity index (χ0v) is 64.3. The fourth-order valence-electron chi connectivity index (χ4n) is 12.4. The van der Waals surface area contributed by atoms with Crippen molar-refractivity contribution in [2.45, 2.75) is 193 Å². The second-order valence-electron chi connectivity index (χ2n) is 27.1. The average Bonchev–Trinajstić information content (AvgIpc) is 0.832. The van der Waals surface area contributed by atoms with Gasteiger partial charge in [0.15, 0.2) is 29.1 Å².